The molecule has 5 nitrogen and oxygen atoms in total. The molecule has 5 N–H and O–H groups in total. The lowest BCUT2D eigenvalue weighted by atomic mass is 10.0. The number of pyridine rings is 1. The van der Waals surface area contributed by atoms with Gasteiger partial charge in [0, 0.05) is 29.2 Å². The first-order chi connectivity index (χ1) is 10.3. The van der Waals surface area contributed by atoms with Crippen molar-refractivity contribution in [2.45, 2.75) is 6.54 Å². The van der Waals surface area contributed by atoms with Crippen LogP contribution in [0.3, 0.4) is 0 Å². The Morgan fingerprint density at radius 3 is 2.86 bits per heavy atom. The van der Waals surface area contributed by atoms with Crippen LogP contribution in [-0.4, -0.2) is 22.7 Å². The number of benzene rings is 1. The molecule has 1 aliphatic heterocycles. The summed E-state index contributed by atoms with van der Waals surface area (Å²) in [5.74, 6) is 0.530. The molecule has 21 heavy (non-hydrogen) atoms. The largest absolute Gasteiger partial charge is 0.383 e. The van der Waals surface area contributed by atoms with E-state index in [1.165, 1.54) is 5.57 Å². The van der Waals surface area contributed by atoms with Crippen molar-refractivity contribution in [1.82, 2.24) is 9.97 Å². The average molecular weight is 277 g/mol. The minimum Gasteiger partial charge on any atom is -0.383 e. The summed E-state index contributed by atoms with van der Waals surface area (Å²) >= 11 is 0. The fourth-order valence-electron chi connectivity index (χ4n) is 2.79. The number of allylic oxidation sites excluding steroid dienone is 1. The zero-order chi connectivity index (χ0) is 14.4. The van der Waals surface area contributed by atoms with Crippen LogP contribution >= 0.6 is 0 Å². The van der Waals surface area contributed by atoms with Crippen LogP contribution in [-0.2, 0) is 6.54 Å². The Bertz CT molecular complexity index is 917. The second kappa shape index (κ2) is 4.43. The first kappa shape index (κ1) is 12.1. The summed E-state index contributed by atoms with van der Waals surface area (Å²) in [6.45, 7) is 1.18. The fraction of sp³-hybridized carbons (Fsp3) is 0.125. The van der Waals surface area contributed by atoms with Crippen LogP contribution in [0.2, 0.25) is 0 Å². The number of nitrogens with zero attached hydrogens (tertiary/aromatic N) is 2. The van der Waals surface area contributed by atoms with Crippen LogP contribution in [0, 0.1) is 0 Å². The predicted molar refractivity (Wildman–Crippen MR) is 87.2 cm³/mol. The van der Waals surface area contributed by atoms with E-state index in [0.717, 1.165) is 39.6 Å². The number of aromatic amines is 1. The van der Waals surface area contributed by atoms with Crippen LogP contribution < -0.4 is 11.5 Å². The van der Waals surface area contributed by atoms with Crippen LogP contribution in [0.25, 0.3) is 27.4 Å². The van der Waals surface area contributed by atoms with Crippen LogP contribution in [0.5, 0.6) is 0 Å². The van der Waals surface area contributed by atoms with Crippen LogP contribution in [0.15, 0.2) is 35.3 Å². The number of rotatable bonds is 2. The van der Waals surface area contributed by atoms with E-state index in [9.17, 15) is 0 Å². The molecular formula is C16H15N5. The van der Waals surface area contributed by atoms with Gasteiger partial charge in [-0.3, -0.25) is 4.99 Å². The van der Waals surface area contributed by atoms with Gasteiger partial charge in [-0.15, -0.1) is 0 Å². The molecule has 5 heteroatoms. The van der Waals surface area contributed by atoms with Crippen molar-refractivity contribution in [2.24, 2.45) is 10.7 Å². The zero-order valence-electron chi connectivity index (χ0n) is 11.4. The van der Waals surface area contributed by atoms with Gasteiger partial charge in [0.2, 0.25) is 0 Å². The van der Waals surface area contributed by atoms with E-state index >= 15 is 0 Å². The molecule has 2 aromatic heterocycles. The van der Waals surface area contributed by atoms with E-state index in [1.54, 1.807) is 0 Å². The molecule has 0 radical (unpaired) electrons. The Balaban J connectivity index is 1.98. The highest BCUT2D eigenvalue weighted by Gasteiger charge is 2.11. The highest BCUT2D eigenvalue weighted by atomic mass is 14.9. The number of fused-ring (bicyclic) bond motifs is 3. The van der Waals surface area contributed by atoms with Gasteiger partial charge in [-0.1, -0.05) is 12.1 Å². The van der Waals surface area contributed by atoms with E-state index in [-0.39, 0.29) is 0 Å². The molecule has 0 saturated heterocycles. The summed E-state index contributed by atoms with van der Waals surface area (Å²) in [4.78, 5) is 12.1. The molecule has 0 unspecified atom stereocenters. The van der Waals surface area contributed by atoms with Gasteiger partial charge in [0.1, 0.15) is 5.82 Å². The number of nitrogen functional groups attached to an aromatic ring is 1. The number of hydrogen-bond acceptors (Lipinski definition) is 4. The summed E-state index contributed by atoms with van der Waals surface area (Å²) in [6, 6.07) is 8.21. The standard InChI is InChI=1S/C16H15N5/c17-7-11-6-13-15(20-11)12-2-1-9(10-3-4-19-8-10)5-14(12)21-16(13)18/h1-6,20H,7-8,17H2,(H2,18,21). The second-order valence-electron chi connectivity index (χ2n) is 5.20. The maximum Gasteiger partial charge on any atom is 0.133 e. The smallest absolute Gasteiger partial charge is 0.133 e. The number of nitrogens with two attached hydrogens (primary N) is 2. The highest BCUT2D eigenvalue weighted by Crippen LogP contribution is 2.30. The third-order valence-corrected chi connectivity index (χ3v) is 3.89. The summed E-state index contributed by atoms with van der Waals surface area (Å²) in [7, 11) is 0. The zero-order valence-corrected chi connectivity index (χ0v) is 11.4. The third kappa shape index (κ3) is 1.82. The lowest BCUT2D eigenvalue weighted by Gasteiger charge is -2.06. The number of aromatic nitrogens is 2. The molecule has 3 heterocycles. The topological polar surface area (TPSA) is 93.1 Å². The monoisotopic (exact) mass is 277 g/mol. The minimum atomic E-state index is 0.456. The van der Waals surface area contributed by atoms with E-state index < -0.39 is 0 Å². The van der Waals surface area contributed by atoms with Crippen molar-refractivity contribution in [2.75, 3.05) is 12.3 Å². The van der Waals surface area contributed by atoms with Crippen molar-refractivity contribution < 1.29 is 0 Å². The first-order valence-corrected chi connectivity index (χ1v) is 6.86. The summed E-state index contributed by atoms with van der Waals surface area (Å²) in [5.41, 5.74) is 17.0. The molecule has 0 amide bonds. The molecule has 4 rings (SSSR count). The normalized spacial score (nSPS) is 14.2. The number of aliphatic imine (C=N–C) groups is 1. The fourth-order valence-corrected chi connectivity index (χ4v) is 2.79. The van der Waals surface area contributed by atoms with Crippen molar-refractivity contribution in [3.05, 3.63) is 41.6 Å². The highest BCUT2D eigenvalue weighted by molar-refractivity contribution is 6.09. The molecule has 104 valence electrons. The second-order valence-corrected chi connectivity index (χ2v) is 5.20. The van der Waals surface area contributed by atoms with Crippen molar-refractivity contribution >= 4 is 39.4 Å². The Kier molecular flexibility index (Phi) is 2.55. The summed E-state index contributed by atoms with van der Waals surface area (Å²) in [5, 5.41) is 1.99. The molecule has 0 saturated carbocycles. The first-order valence-electron chi connectivity index (χ1n) is 6.86. The number of nitrogens with one attached hydrogen (secondary N) is 1. The maximum absolute atomic E-state index is 6.08. The van der Waals surface area contributed by atoms with E-state index in [4.69, 9.17) is 11.5 Å². The van der Waals surface area contributed by atoms with Crippen LogP contribution in [0.1, 0.15) is 11.3 Å². The average Bonchev–Trinajstić information content (AvgIpc) is 3.16. The Labute approximate surface area is 121 Å². The van der Waals surface area contributed by atoms with E-state index in [2.05, 4.69) is 33.2 Å². The maximum atomic E-state index is 6.08. The summed E-state index contributed by atoms with van der Waals surface area (Å²) < 4.78 is 0. The molecule has 0 aliphatic carbocycles. The molecule has 0 bridgehead atoms. The molecule has 0 fully saturated rings. The van der Waals surface area contributed by atoms with E-state index in [0.29, 0.717) is 12.4 Å². The number of H-pyrrole nitrogens is 1. The number of anilines is 1. The van der Waals surface area contributed by atoms with Gasteiger partial charge < -0.3 is 16.5 Å². The third-order valence-electron chi connectivity index (χ3n) is 3.89. The molecule has 0 atom stereocenters. The van der Waals surface area contributed by atoms with Gasteiger partial charge >= 0.3 is 0 Å². The van der Waals surface area contributed by atoms with Crippen molar-refractivity contribution in [1.29, 1.82) is 0 Å². The lowest BCUT2D eigenvalue weighted by molar-refractivity contribution is 1.02. The van der Waals surface area contributed by atoms with E-state index in [1.807, 2.05) is 18.4 Å². The van der Waals surface area contributed by atoms with Gasteiger partial charge in [-0.05, 0) is 29.3 Å². The van der Waals surface area contributed by atoms with Crippen molar-refractivity contribution in [3.8, 4) is 0 Å². The molecule has 0 spiro atoms. The SMILES string of the molecule is NCc1cc2c(N)nc3cc(C4=CC=NC4)ccc3c2[nH]1. The lowest BCUT2D eigenvalue weighted by Crippen LogP contribution is -1.95. The Morgan fingerprint density at radius 1 is 1.19 bits per heavy atom. The number of hydrogen-bond donors (Lipinski definition) is 3. The van der Waals surface area contributed by atoms with Crippen LogP contribution in [0.4, 0.5) is 5.82 Å². The molecule has 3 aromatic rings. The Morgan fingerprint density at radius 2 is 2.10 bits per heavy atom. The molecular weight excluding hydrogens is 262 g/mol. The molecule has 1 aromatic carbocycles. The van der Waals surface area contributed by atoms with Gasteiger partial charge in [-0.25, -0.2) is 4.98 Å². The Hall–Kier alpha value is -2.66. The molecule has 1 aliphatic rings. The van der Waals surface area contributed by atoms with Gasteiger partial charge in [-0.2, -0.15) is 0 Å². The van der Waals surface area contributed by atoms with Gasteiger partial charge in [0.05, 0.1) is 17.6 Å². The minimum absolute atomic E-state index is 0.456. The van der Waals surface area contributed by atoms with Crippen molar-refractivity contribution in [3.63, 3.8) is 0 Å². The van der Waals surface area contributed by atoms with Gasteiger partial charge in [0.15, 0.2) is 0 Å². The quantitative estimate of drug-likeness (QED) is 0.670. The predicted octanol–water partition coefficient (Wildman–Crippen LogP) is 2.22. The summed E-state index contributed by atoms with van der Waals surface area (Å²) in [6.07, 6.45) is 3.87. The van der Waals surface area contributed by atoms with Gasteiger partial charge in [0.25, 0.3) is 0 Å².